The van der Waals surface area contributed by atoms with E-state index in [1.165, 1.54) is 18.5 Å². The molecule has 20 heavy (non-hydrogen) atoms. The monoisotopic (exact) mass is 278 g/mol. The molecule has 1 saturated heterocycles. The Balaban J connectivity index is 1.90. The van der Waals surface area contributed by atoms with Gasteiger partial charge in [0.2, 0.25) is 0 Å². The van der Waals surface area contributed by atoms with Crippen LogP contribution in [0.4, 0.5) is 0 Å². The lowest BCUT2D eigenvalue weighted by molar-refractivity contribution is 0.255. The third kappa shape index (κ3) is 4.10. The minimum absolute atomic E-state index is 0.678. The van der Waals surface area contributed by atoms with Crippen molar-refractivity contribution in [1.29, 1.82) is 0 Å². The Kier molecular flexibility index (Phi) is 5.28. The topological polar surface area (TPSA) is 28.4 Å². The summed E-state index contributed by atoms with van der Waals surface area (Å²) < 4.78 is 5.88. The van der Waals surface area contributed by atoms with Gasteiger partial charge in [0, 0.05) is 24.7 Å². The van der Waals surface area contributed by atoms with E-state index in [0.29, 0.717) is 12.0 Å². The summed E-state index contributed by atoms with van der Waals surface area (Å²) >= 11 is 0. The molecule has 1 aliphatic rings. The summed E-state index contributed by atoms with van der Waals surface area (Å²) in [6.45, 7) is 15.3. The van der Waals surface area contributed by atoms with Crippen molar-refractivity contribution in [2.45, 2.75) is 60.2 Å². The zero-order valence-electron chi connectivity index (χ0n) is 13.7. The van der Waals surface area contributed by atoms with E-state index < -0.39 is 0 Å². The minimum atomic E-state index is 0.678. The highest BCUT2D eigenvalue weighted by molar-refractivity contribution is 5.21. The smallest absolute Gasteiger partial charge is 0.118 e. The van der Waals surface area contributed by atoms with Crippen molar-refractivity contribution >= 4 is 0 Å². The van der Waals surface area contributed by atoms with E-state index in [9.17, 15) is 0 Å². The van der Waals surface area contributed by atoms with Crippen LogP contribution in [0.25, 0.3) is 0 Å². The van der Waals surface area contributed by atoms with E-state index in [0.717, 1.165) is 37.1 Å². The predicted octanol–water partition coefficient (Wildman–Crippen LogP) is 3.56. The van der Waals surface area contributed by atoms with Crippen LogP contribution < -0.4 is 5.32 Å². The van der Waals surface area contributed by atoms with Gasteiger partial charge in [0.05, 0.1) is 6.54 Å². The molecule has 2 rings (SSSR count). The Morgan fingerprint density at radius 3 is 2.75 bits per heavy atom. The summed E-state index contributed by atoms with van der Waals surface area (Å²) in [5.74, 6) is 3.65. The lowest BCUT2D eigenvalue weighted by Gasteiger charge is -2.20. The number of aryl methyl sites for hydroxylation is 1. The van der Waals surface area contributed by atoms with Gasteiger partial charge in [-0.3, -0.25) is 4.90 Å². The summed E-state index contributed by atoms with van der Waals surface area (Å²) in [4.78, 5) is 2.58. The van der Waals surface area contributed by atoms with E-state index >= 15 is 0 Å². The van der Waals surface area contributed by atoms with Crippen LogP contribution in [0, 0.1) is 18.8 Å². The zero-order valence-corrected chi connectivity index (χ0v) is 13.7. The van der Waals surface area contributed by atoms with Crippen LogP contribution >= 0.6 is 0 Å². The van der Waals surface area contributed by atoms with E-state index in [1.54, 1.807) is 0 Å². The van der Waals surface area contributed by atoms with Gasteiger partial charge >= 0.3 is 0 Å². The maximum absolute atomic E-state index is 5.88. The highest BCUT2D eigenvalue weighted by Crippen LogP contribution is 2.26. The molecule has 0 amide bonds. The van der Waals surface area contributed by atoms with Gasteiger partial charge in [0.1, 0.15) is 11.5 Å². The van der Waals surface area contributed by atoms with Crippen LogP contribution in [0.2, 0.25) is 0 Å². The molecule has 3 heteroatoms. The molecule has 0 aliphatic carbocycles. The molecular formula is C17H30N2O. The Bertz CT molecular complexity index is 425. The number of hydrogen-bond donors (Lipinski definition) is 1. The quantitative estimate of drug-likeness (QED) is 0.862. The fourth-order valence-electron chi connectivity index (χ4n) is 3.14. The third-order valence-electron chi connectivity index (χ3n) is 4.21. The van der Waals surface area contributed by atoms with Gasteiger partial charge < -0.3 is 9.73 Å². The molecular weight excluding hydrogens is 248 g/mol. The lowest BCUT2D eigenvalue weighted by Crippen LogP contribution is -2.26. The first-order chi connectivity index (χ1) is 9.45. The Hall–Kier alpha value is -0.800. The van der Waals surface area contributed by atoms with Crippen LogP contribution in [0.1, 0.15) is 51.2 Å². The van der Waals surface area contributed by atoms with Crippen LogP contribution in [0.3, 0.4) is 0 Å². The molecule has 1 fully saturated rings. The maximum atomic E-state index is 5.88. The van der Waals surface area contributed by atoms with Gasteiger partial charge in [-0.2, -0.15) is 0 Å². The summed E-state index contributed by atoms with van der Waals surface area (Å²) in [5, 5.41) is 3.44. The fourth-order valence-corrected chi connectivity index (χ4v) is 3.14. The molecule has 3 nitrogen and oxygen atoms in total. The highest BCUT2D eigenvalue weighted by Gasteiger charge is 2.26. The molecule has 0 bridgehead atoms. The molecule has 0 saturated carbocycles. The molecule has 1 N–H and O–H groups in total. The number of likely N-dealkylation sites (tertiary alicyclic amines) is 1. The second-order valence-corrected chi connectivity index (χ2v) is 6.94. The van der Waals surface area contributed by atoms with Crippen molar-refractivity contribution in [3.05, 3.63) is 23.2 Å². The van der Waals surface area contributed by atoms with Crippen molar-refractivity contribution in [2.24, 2.45) is 11.8 Å². The molecule has 1 aromatic heterocycles. The lowest BCUT2D eigenvalue weighted by atomic mass is 10.1. The standard InChI is InChI=1S/C17H30N2O/c1-12(2)8-18-9-17-7-16(15(5)20-17)11-19-10-13(3)6-14(19)4/h7,12-14,18H,6,8-11H2,1-5H3. The van der Waals surface area contributed by atoms with Crippen molar-refractivity contribution in [3.8, 4) is 0 Å². The zero-order chi connectivity index (χ0) is 14.7. The van der Waals surface area contributed by atoms with Crippen LogP contribution in [0.5, 0.6) is 0 Å². The average Bonchev–Trinajstić information content (AvgIpc) is 2.83. The van der Waals surface area contributed by atoms with E-state index in [-0.39, 0.29) is 0 Å². The van der Waals surface area contributed by atoms with Crippen molar-refractivity contribution in [1.82, 2.24) is 10.2 Å². The number of hydrogen-bond acceptors (Lipinski definition) is 3. The average molecular weight is 278 g/mol. The predicted molar refractivity (Wildman–Crippen MR) is 83.6 cm³/mol. The number of rotatable bonds is 6. The van der Waals surface area contributed by atoms with Crippen LogP contribution in [-0.4, -0.2) is 24.0 Å². The first kappa shape index (κ1) is 15.6. The van der Waals surface area contributed by atoms with Gasteiger partial charge in [-0.05, 0) is 44.7 Å². The molecule has 114 valence electrons. The van der Waals surface area contributed by atoms with E-state index in [2.05, 4.69) is 50.9 Å². The highest BCUT2D eigenvalue weighted by atomic mass is 16.3. The molecule has 0 spiro atoms. The van der Waals surface area contributed by atoms with Crippen LogP contribution in [-0.2, 0) is 13.1 Å². The summed E-state index contributed by atoms with van der Waals surface area (Å²) in [7, 11) is 0. The number of nitrogens with zero attached hydrogens (tertiary/aromatic N) is 1. The fraction of sp³-hybridized carbons (Fsp3) is 0.765. The van der Waals surface area contributed by atoms with Gasteiger partial charge in [-0.25, -0.2) is 0 Å². The second kappa shape index (κ2) is 6.77. The largest absolute Gasteiger partial charge is 0.465 e. The van der Waals surface area contributed by atoms with Crippen molar-refractivity contribution in [2.75, 3.05) is 13.1 Å². The minimum Gasteiger partial charge on any atom is -0.465 e. The van der Waals surface area contributed by atoms with E-state index in [1.807, 2.05) is 0 Å². The molecule has 0 aromatic carbocycles. The van der Waals surface area contributed by atoms with Gasteiger partial charge in [0.25, 0.3) is 0 Å². The SMILES string of the molecule is Cc1oc(CNCC(C)C)cc1CN1CC(C)CC1C. The molecule has 1 aliphatic heterocycles. The first-order valence-corrected chi connectivity index (χ1v) is 7.98. The van der Waals surface area contributed by atoms with Gasteiger partial charge in [-0.1, -0.05) is 20.8 Å². The molecule has 2 unspecified atom stereocenters. The Morgan fingerprint density at radius 1 is 1.40 bits per heavy atom. The first-order valence-electron chi connectivity index (χ1n) is 7.98. The molecule has 0 radical (unpaired) electrons. The number of nitrogens with one attached hydrogen (secondary N) is 1. The molecule has 2 heterocycles. The third-order valence-corrected chi connectivity index (χ3v) is 4.21. The Labute approximate surface area is 123 Å². The normalized spacial score (nSPS) is 23.9. The summed E-state index contributed by atoms with van der Waals surface area (Å²) in [6.07, 6.45) is 1.32. The second-order valence-electron chi connectivity index (χ2n) is 6.94. The van der Waals surface area contributed by atoms with Gasteiger partial charge in [-0.15, -0.1) is 0 Å². The summed E-state index contributed by atoms with van der Waals surface area (Å²) in [5.41, 5.74) is 1.35. The summed E-state index contributed by atoms with van der Waals surface area (Å²) in [6, 6.07) is 2.93. The number of furan rings is 1. The van der Waals surface area contributed by atoms with Crippen molar-refractivity contribution < 1.29 is 4.42 Å². The van der Waals surface area contributed by atoms with Gasteiger partial charge in [0.15, 0.2) is 0 Å². The Morgan fingerprint density at radius 2 is 2.15 bits per heavy atom. The van der Waals surface area contributed by atoms with Crippen molar-refractivity contribution in [3.63, 3.8) is 0 Å². The van der Waals surface area contributed by atoms with E-state index in [4.69, 9.17) is 4.42 Å². The van der Waals surface area contributed by atoms with Crippen LogP contribution in [0.15, 0.2) is 10.5 Å². The maximum Gasteiger partial charge on any atom is 0.118 e. The molecule has 2 atom stereocenters. The molecule has 1 aromatic rings.